The van der Waals surface area contributed by atoms with E-state index in [1.807, 2.05) is 0 Å². The van der Waals surface area contributed by atoms with Crippen molar-refractivity contribution < 1.29 is 4.74 Å². The lowest BCUT2D eigenvalue weighted by Crippen LogP contribution is -2.45. The second-order valence-corrected chi connectivity index (χ2v) is 8.17. The smallest absolute Gasteiger partial charge is 0.193 e. The number of piperidine rings is 1. The maximum Gasteiger partial charge on any atom is 0.193 e. The lowest BCUT2D eigenvalue weighted by Gasteiger charge is -2.33. The summed E-state index contributed by atoms with van der Waals surface area (Å²) in [5.41, 5.74) is 2.84. The van der Waals surface area contributed by atoms with Crippen LogP contribution in [-0.4, -0.2) is 58.8 Å². The Hall–Kier alpha value is -1.68. The topological polar surface area (TPSA) is 78.4 Å². The van der Waals surface area contributed by atoms with Gasteiger partial charge in [-0.2, -0.15) is 5.10 Å². The summed E-state index contributed by atoms with van der Waals surface area (Å²) in [6, 6.07) is 8.72. The number of nitrogens with zero attached hydrogens (tertiary/aromatic N) is 4. The number of halogens is 1. The number of hydrogen-bond donors (Lipinski definition) is 2. The second-order valence-electron chi connectivity index (χ2n) is 8.17. The van der Waals surface area contributed by atoms with Gasteiger partial charge in [0.05, 0.1) is 6.10 Å². The van der Waals surface area contributed by atoms with Crippen LogP contribution in [0.3, 0.4) is 0 Å². The maximum atomic E-state index is 6.23. The number of aromatic nitrogens is 3. The van der Waals surface area contributed by atoms with Crippen LogP contribution in [-0.2, 0) is 11.2 Å². The van der Waals surface area contributed by atoms with Gasteiger partial charge in [0, 0.05) is 38.7 Å². The Bertz CT molecular complexity index is 804. The van der Waals surface area contributed by atoms with Crippen LogP contribution in [0.4, 0.5) is 0 Å². The summed E-state index contributed by atoms with van der Waals surface area (Å²) in [5, 5.41) is 10.5. The third kappa shape index (κ3) is 6.41. The molecule has 31 heavy (non-hydrogen) atoms. The fourth-order valence-electron chi connectivity index (χ4n) is 4.56. The molecule has 0 bridgehead atoms. The van der Waals surface area contributed by atoms with Gasteiger partial charge in [0.15, 0.2) is 5.96 Å². The predicted molar refractivity (Wildman–Crippen MR) is 134 cm³/mol. The number of benzene rings is 1. The molecule has 1 aromatic heterocycles. The third-order valence-corrected chi connectivity index (χ3v) is 6.15. The lowest BCUT2D eigenvalue weighted by molar-refractivity contribution is 0.0402. The number of hydrogen-bond acceptors (Lipinski definition) is 4. The van der Waals surface area contributed by atoms with Crippen LogP contribution in [0.15, 0.2) is 35.6 Å². The molecule has 2 N–H and O–H groups in total. The highest BCUT2D eigenvalue weighted by Gasteiger charge is 2.24. The van der Waals surface area contributed by atoms with Gasteiger partial charge in [0.25, 0.3) is 0 Å². The molecule has 0 amide bonds. The Morgan fingerprint density at radius 1 is 1.26 bits per heavy atom. The monoisotopic (exact) mass is 538 g/mol. The molecule has 1 saturated heterocycles. The molecule has 1 fully saturated rings. The lowest BCUT2D eigenvalue weighted by atomic mass is 9.89. The molecule has 4 rings (SSSR count). The molecule has 170 valence electrons. The molecule has 2 heterocycles. The summed E-state index contributed by atoms with van der Waals surface area (Å²) in [6.45, 7) is 6.55. The van der Waals surface area contributed by atoms with Gasteiger partial charge in [-0.3, -0.25) is 10.1 Å². The summed E-state index contributed by atoms with van der Waals surface area (Å²) in [6.07, 6.45) is 8.47. The van der Waals surface area contributed by atoms with Gasteiger partial charge >= 0.3 is 0 Å². The highest BCUT2D eigenvalue weighted by molar-refractivity contribution is 14.0. The van der Waals surface area contributed by atoms with Crippen molar-refractivity contribution in [3.05, 3.63) is 47.5 Å². The van der Waals surface area contributed by atoms with E-state index in [0.29, 0.717) is 5.92 Å². The molecule has 0 radical (unpaired) electrons. The van der Waals surface area contributed by atoms with E-state index in [2.05, 4.69) is 56.6 Å². The Morgan fingerprint density at radius 3 is 2.87 bits per heavy atom. The van der Waals surface area contributed by atoms with Crippen molar-refractivity contribution in [3.63, 3.8) is 0 Å². The van der Waals surface area contributed by atoms with E-state index in [-0.39, 0.29) is 30.1 Å². The van der Waals surface area contributed by atoms with E-state index in [0.717, 1.165) is 70.3 Å². The minimum Gasteiger partial charge on any atom is -0.373 e. The Labute approximate surface area is 202 Å². The number of guanidine groups is 1. The zero-order valence-electron chi connectivity index (χ0n) is 18.4. The number of rotatable bonds is 7. The molecule has 1 aliphatic heterocycles. The first-order valence-corrected chi connectivity index (χ1v) is 11.4. The SMILES string of the molecule is CCNC(=NCCCOC1CCCc2ccccc21)N1CCC(c2ncn[nH]2)CC1.I. The van der Waals surface area contributed by atoms with Crippen molar-refractivity contribution in [1.29, 1.82) is 0 Å². The molecular weight excluding hydrogens is 503 g/mol. The first-order valence-electron chi connectivity index (χ1n) is 11.4. The van der Waals surface area contributed by atoms with Crippen LogP contribution in [0.25, 0.3) is 0 Å². The van der Waals surface area contributed by atoms with E-state index >= 15 is 0 Å². The van der Waals surface area contributed by atoms with Crippen molar-refractivity contribution in [2.75, 3.05) is 32.8 Å². The first-order chi connectivity index (χ1) is 14.8. The quantitative estimate of drug-likeness (QED) is 0.241. The van der Waals surface area contributed by atoms with E-state index < -0.39 is 0 Å². The van der Waals surface area contributed by atoms with Crippen molar-refractivity contribution in [2.24, 2.45) is 4.99 Å². The number of likely N-dealkylation sites (tertiary alicyclic amines) is 1. The van der Waals surface area contributed by atoms with Gasteiger partial charge in [-0.15, -0.1) is 24.0 Å². The number of aryl methyl sites for hydroxylation is 1. The van der Waals surface area contributed by atoms with Gasteiger partial charge in [-0.1, -0.05) is 24.3 Å². The number of ether oxygens (including phenoxy) is 1. The van der Waals surface area contributed by atoms with Gasteiger partial charge in [-0.05, 0) is 56.6 Å². The standard InChI is InChI=1S/C23H34N6O.HI/c1-2-24-23(29-14-11-19(12-15-29)22-26-17-27-28-22)25-13-6-16-30-21-10-5-8-18-7-3-4-9-20(18)21;/h3-4,7,9,17,19,21H,2,5-6,8,10-16H2,1H3,(H,24,25)(H,26,27,28);1H. The van der Waals surface area contributed by atoms with Crippen LogP contribution in [0.1, 0.15) is 68.0 Å². The van der Waals surface area contributed by atoms with E-state index in [4.69, 9.17) is 9.73 Å². The molecule has 1 atom stereocenters. The Kier molecular flexibility index (Phi) is 9.57. The number of aliphatic imine (C=N–C) groups is 1. The minimum absolute atomic E-state index is 0. The van der Waals surface area contributed by atoms with Crippen LogP contribution >= 0.6 is 24.0 Å². The normalized spacial score (nSPS) is 19.6. The molecule has 1 aliphatic carbocycles. The number of aromatic amines is 1. The first kappa shape index (κ1) is 24.0. The highest BCUT2D eigenvalue weighted by Crippen LogP contribution is 2.32. The summed E-state index contributed by atoms with van der Waals surface area (Å²) >= 11 is 0. The summed E-state index contributed by atoms with van der Waals surface area (Å²) in [5.74, 6) is 2.51. The maximum absolute atomic E-state index is 6.23. The number of fused-ring (bicyclic) bond motifs is 1. The zero-order valence-corrected chi connectivity index (χ0v) is 20.8. The van der Waals surface area contributed by atoms with Crippen LogP contribution in [0.2, 0.25) is 0 Å². The molecule has 0 saturated carbocycles. The highest BCUT2D eigenvalue weighted by atomic mass is 127. The largest absolute Gasteiger partial charge is 0.373 e. The molecule has 2 aromatic rings. The molecule has 2 aliphatic rings. The van der Waals surface area contributed by atoms with Crippen molar-refractivity contribution in [2.45, 2.75) is 57.5 Å². The van der Waals surface area contributed by atoms with Crippen molar-refractivity contribution >= 4 is 29.9 Å². The van der Waals surface area contributed by atoms with Gasteiger partial charge in [0.2, 0.25) is 0 Å². The van der Waals surface area contributed by atoms with Crippen LogP contribution < -0.4 is 5.32 Å². The van der Waals surface area contributed by atoms with Crippen molar-refractivity contribution in [1.82, 2.24) is 25.4 Å². The summed E-state index contributed by atoms with van der Waals surface area (Å²) < 4.78 is 6.23. The van der Waals surface area contributed by atoms with Crippen LogP contribution in [0.5, 0.6) is 0 Å². The Morgan fingerprint density at radius 2 is 2.10 bits per heavy atom. The predicted octanol–water partition coefficient (Wildman–Crippen LogP) is 4.05. The molecule has 0 spiro atoms. The van der Waals surface area contributed by atoms with E-state index in [1.54, 1.807) is 6.33 Å². The fourth-order valence-corrected chi connectivity index (χ4v) is 4.56. The van der Waals surface area contributed by atoms with Crippen molar-refractivity contribution in [3.8, 4) is 0 Å². The molecule has 8 heteroatoms. The number of nitrogens with one attached hydrogen (secondary N) is 2. The zero-order chi connectivity index (χ0) is 20.6. The Balaban J connectivity index is 0.00000272. The van der Waals surface area contributed by atoms with Crippen LogP contribution in [0, 0.1) is 0 Å². The second kappa shape index (κ2) is 12.4. The molecule has 1 aromatic carbocycles. The van der Waals surface area contributed by atoms with Gasteiger partial charge in [0.1, 0.15) is 12.2 Å². The van der Waals surface area contributed by atoms with E-state index in [1.165, 1.54) is 24.0 Å². The summed E-state index contributed by atoms with van der Waals surface area (Å²) in [4.78, 5) is 11.6. The minimum atomic E-state index is 0. The van der Waals surface area contributed by atoms with Gasteiger partial charge in [-0.25, -0.2) is 4.98 Å². The van der Waals surface area contributed by atoms with E-state index in [9.17, 15) is 0 Å². The van der Waals surface area contributed by atoms with Gasteiger partial charge < -0.3 is 15.0 Å². The average molecular weight is 538 g/mol. The average Bonchev–Trinajstić information content (AvgIpc) is 3.33. The molecular formula is C23H35IN6O. The summed E-state index contributed by atoms with van der Waals surface area (Å²) in [7, 11) is 0. The number of H-pyrrole nitrogens is 1. The molecule has 1 unspecified atom stereocenters. The molecule has 7 nitrogen and oxygen atoms in total. The fraction of sp³-hybridized carbons (Fsp3) is 0.609. The third-order valence-electron chi connectivity index (χ3n) is 6.15.